The maximum absolute atomic E-state index is 5.93. The van der Waals surface area contributed by atoms with Gasteiger partial charge in [0.15, 0.2) is 5.65 Å². The van der Waals surface area contributed by atoms with E-state index in [9.17, 15) is 0 Å². The molecule has 0 fully saturated rings. The van der Waals surface area contributed by atoms with Crippen LogP contribution in [-0.4, -0.2) is 28.0 Å². The molecule has 23 heavy (non-hydrogen) atoms. The lowest BCUT2D eigenvalue weighted by molar-refractivity contribution is 0.866. The van der Waals surface area contributed by atoms with Crippen LogP contribution in [0.2, 0.25) is 0 Å². The maximum atomic E-state index is 5.93. The molecule has 0 spiro atoms. The largest absolute Gasteiger partial charge is 0.383 e. The second-order valence-electron chi connectivity index (χ2n) is 5.50. The minimum Gasteiger partial charge on any atom is -0.383 e. The van der Waals surface area contributed by atoms with Crippen LogP contribution in [0.15, 0.2) is 36.7 Å². The quantitative estimate of drug-likeness (QED) is 0.800. The summed E-state index contributed by atoms with van der Waals surface area (Å²) in [7, 11) is 0. The fraction of sp³-hybridized carbons (Fsp3) is 0.278. The fourth-order valence-corrected chi connectivity index (χ4v) is 2.86. The SMILES string of the molecule is CCN(CC)c1ccc(-c2cc(C)c3c(N)ncnc3n2)cc1. The van der Waals surface area contributed by atoms with E-state index in [-0.39, 0.29) is 0 Å². The van der Waals surface area contributed by atoms with Crippen molar-refractivity contribution < 1.29 is 0 Å². The number of nitrogens with two attached hydrogens (primary N) is 1. The van der Waals surface area contributed by atoms with Gasteiger partial charge in [-0.05, 0) is 44.5 Å². The fourth-order valence-electron chi connectivity index (χ4n) is 2.86. The van der Waals surface area contributed by atoms with E-state index in [1.165, 1.54) is 12.0 Å². The van der Waals surface area contributed by atoms with E-state index in [1.807, 2.05) is 13.0 Å². The molecule has 3 rings (SSSR count). The molecule has 0 saturated heterocycles. The Labute approximate surface area is 136 Å². The molecule has 3 aromatic rings. The van der Waals surface area contributed by atoms with Crippen molar-refractivity contribution >= 4 is 22.5 Å². The van der Waals surface area contributed by atoms with E-state index < -0.39 is 0 Å². The summed E-state index contributed by atoms with van der Waals surface area (Å²) in [5.41, 5.74) is 10.8. The summed E-state index contributed by atoms with van der Waals surface area (Å²) >= 11 is 0. The Balaban J connectivity index is 2.03. The van der Waals surface area contributed by atoms with E-state index in [1.54, 1.807) is 0 Å². The second-order valence-corrected chi connectivity index (χ2v) is 5.50. The number of aryl methyl sites for hydroxylation is 1. The molecule has 0 saturated carbocycles. The third-order valence-corrected chi connectivity index (χ3v) is 4.12. The molecule has 2 heterocycles. The van der Waals surface area contributed by atoms with Gasteiger partial charge in [-0.2, -0.15) is 0 Å². The molecule has 0 bridgehead atoms. The average Bonchev–Trinajstić information content (AvgIpc) is 2.56. The third kappa shape index (κ3) is 2.82. The maximum Gasteiger partial charge on any atom is 0.165 e. The Bertz CT molecular complexity index is 823. The standard InChI is InChI=1S/C18H21N5/c1-4-23(5-2)14-8-6-13(7-9-14)15-10-12(3)16-17(19)20-11-21-18(16)22-15/h6-11H,4-5H2,1-3H3,(H2,19,20,21,22). The normalized spacial score (nSPS) is 10.9. The molecule has 0 aliphatic rings. The van der Waals surface area contributed by atoms with E-state index in [0.717, 1.165) is 35.3 Å². The average molecular weight is 307 g/mol. The zero-order valence-corrected chi connectivity index (χ0v) is 13.7. The number of pyridine rings is 1. The summed E-state index contributed by atoms with van der Waals surface area (Å²) in [4.78, 5) is 15.2. The number of nitrogen functional groups attached to an aromatic ring is 1. The summed E-state index contributed by atoms with van der Waals surface area (Å²) in [6, 6.07) is 10.5. The van der Waals surface area contributed by atoms with Gasteiger partial charge in [0.2, 0.25) is 0 Å². The number of hydrogen-bond acceptors (Lipinski definition) is 5. The first-order chi connectivity index (χ1) is 11.1. The minimum atomic E-state index is 0.475. The van der Waals surface area contributed by atoms with Gasteiger partial charge in [0.25, 0.3) is 0 Å². The number of fused-ring (bicyclic) bond motifs is 1. The van der Waals surface area contributed by atoms with Crippen LogP contribution >= 0.6 is 0 Å². The Morgan fingerprint density at radius 3 is 2.39 bits per heavy atom. The van der Waals surface area contributed by atoms with Gasteiger partial charge in [-0.25, -0.2) is 15.0 Å². The van der Waals surface area contributed by atoms with Crippen LogP contribution < -0.4 is 10.6 Å². The molecule has 1 aromatic carbocycles. The van der Waals surface area contributed by atoms with Crippen LogP contribution in [0.5, 0.6) is 0 Å². The highest BCUT2D eigenvalue weighted by Gasteiger charge is 2.09. The molecule has 0 aliphatic carbocycles. The topological polar surface area (TPSA) is 67.9 Å². The van der Waals surface area contributed by atoms with Crippen LogP contribution in [0.25, 0.3) is 22.3 Å². The number of nitrogens with zero attached hydrogens (tertiary/aromatic N) is 4. The highest BCUT2D eigenvalue weighted by molar-refractivity contribution is 5.90. The van der Waals surface area contributed by atoms with Crippen molar-refractivity contribution in [3.05, 3.63) is 42.2 Å². The molecule has 0 radical (unpaired) electrons. The Hall–Kier alpha value is -2.69. The van der Waals surface area contributed by atoms with Gasteiger partial charge in [0.1, 0.15) is 12.1 Å². The number of hydrogen-bond donors (Lipinski definition) is 1. The first kappa shape index (κ1) is 15.2. The molecule has 2 N–H and O–H groups in total. The minimum absolute atomic E-state index is 0.475. The molecule has 118 valence electrons. The Morgan fingerprint density at radius 1 is 1.04 bits per heavy atom. The van der Waals surface area contributed by atoms with Crippen molar-refractivity contribution in [2.45, 2.75) is 20.8 Å². The number of rotatable bonds is 4. The van der Waals surface area contributed by atoms with Crippen molar-refractivity contribution in [3.63, 3.8) is 0 Å². The van der Waals surface area contributed by atoms with Gasteiger partial charge in [0, 0.05) is 24.3 Å². The van der Waals surface area contributed by atoms with Crippen LogP contribution in [0.1, 0.15) is 19.4 Å². The molecular weight excluding hydrogens is 286 g/mol. The number of benzene rings is 1. The smallest absolute Gasteiger partial charge is 0.165 e. The third-order valence-electron chi connectivity index (χ3n) is 4.12. The van der Waals surface area contributed by atoms with Gasteiger partial charge in [0.05, 0.1) is 11.1 Å². The van der Waals surface area contributed by atoms with Crippen molar-refractivity contribution in [2.24, 2.45) is 0 Å². The first-order valence-corrected chi connectivity index (χ1v) is 7.87. The summed E-state index contributed by atoms with van der Waals surface area (Å²) in [5.74, 6) is 0.475. The van der Waals surface area contributed by atoms with E-state index in [4.69, 9.17) is 5.73 Å². The van der Waals surface area contributed by atoms with Crippen molar-refractivity contribution in [1.29, 1.82) is 0 Å². The Morgan fingerprint density at radius 2 is 1.74 bits per heavy atom. The molecule has 5 heteroatoms. The van der Waals surface area contributed by atoms with Crippen LogP contribution in [0.3, 0.4) is 0 Å². The van der Waals surface area contributed by atoms with Crippen molar-refractivity contribution in [2.75, 3.05) is 23.7 Å². The summed E-state index contributed by atoms with van der Waals surface area (Å²) < 4.78 is 0. The van der Waals surface area contributed by atoms with Crippen molar-refractivity contribution in [1.82, 2.24) is 15.0 Å². The molecule has 0 aliphatic heterocycles. The van der Waals surface area contributed by atoms with Crippen LogP contribution in [0, 0.1) is 6.92 Å². The lowest BCUT2D eigenvalue weighted by Gasteiger charge is -2.21. The first-order valence-electron chi connectivity index (χ1n) is 7.87. The highest BCUT2D eigenvalue weighted by Crippen LogP contribution is 2.27. The van der Waals surface area contributed by atoms with E-state index >= 15 is 0 Å². The summed E-state index contributed by atoms with van der Waals surface area (Å²) in [6.07, 6.45) is 1.46. The monoisotopic (exact) mass is 307 g/mol. The number of anilines is 2. The predicted octanol–water partition coefficient (Wildman–Crippen LogP) is 3.43. The molecule has 0 atom stereocenters. The molecule has 0 amide bonds. The second kappa shape index (κ2) is 6.20. The number of aromatic nitrogens is 3. The van der Waals surface area contributed by atoms with Crippen LogP contribution in [-0.2, 0) is 0 Å². The Kier molecular flexibility index (Phi) is 4.10. The van der Waals surface area contributed by atoms with Gasteiger partial charge in [-0.15, -0.1) is 0 Å². The molecule has 2 aromatic heterocycles. The molecular formula is C18H21N5. The molecule has 5 nitrogen and oxygen atoms in total. The lowest BCUT2D eigenvalue weighted by Crippen LogP contribution is -2.21. The van der Waals surface area contributed by atoms with Crippen LogP contribution in [0.4, 0.5) is 11.5 Å². The van der Waals surface area contributed by atoms with Gasteiger partial charge in [-0.3, -0.25) is 0 Å². The molecule has 0 unspecified atom stereocenters. The van der Waals surface area contributed by atoms with Crippen molar-refractivity contribution in [3.8, 4) is 11.3 Å². The summed E-state index contributed by atoms with van der Waals surface area (Å²) in [5, 5.41) is 0.830. The van der Waals surface area contributed by atoms with Gasteiger partial charge >= 0.3 is 0 Å². The predicted molar refractivity (Wildman–Crippen MR) is 95.5 cm³/mol. The zero-order valence-electron chi connectivity index (χ0n) is 13.7. The summed E-state index contributed by atoms with van der Waals surface area (Å²) in [6.45, 7) is 8.34. The lowest BCUT2D eigenvalue weighted by atomic mass is 10.1. The zero-order chi connectivity index (χ0) is 16.4. The van der Waals surface area contributed by atoms with Gasteiger partial charge < -0.3 is 10.6 Å². The van der Waals surface area contributed by atoms with E-state index in [0.29, 0.717) is 11.5 Å². The highest BCUT2D eigenvalue weighted by atomic mass is 15.1. The van der Waals surface area contributed by atoms with Gasteiger partial charge in [-0.1, -0.05) is 12.1 Å². The van der Waals surface area contributed by atoms with E-state index in [2.05, 4.69) is 58.0 Å².